The van der Waals surface area contributed by atoms with Crippen molar-refractivity contribution in [3.05, 3.63) is 29.2 Å². The maximum absolute atomic E-state index is 9.21. The summed E-state index contributed by atoms with van der Waals surface area (Å²) in [7, 11) is 0. The molecule has 0 radical (unpaired) electrons. The van der Waals surface area contributed by atoms with Crippen LogP contribution in [0.25, 0.3) is 0 Å². The Balaban J connectivity index is 2.00. The molecular formula is C12H10N4S2. The molecule has 90 valence electrons. The van der Waals surface area contributed by atoms with E-state index in [1.165, 1.54) is 48.0 Å². The molecule has 18 heavy (non-hydrogen) atoms. The molecule has 0 aliphatic heterocycles. The lowest BCUT2D eigenvalue weighted by atomic mass is 9.95. The monoisotopic (exact) mass is 274 g/mol. The van der Waals surface area contributed by atoms with E-state index in [4.69, 9.17) is 0 Å². The summed E-state index contributed by atoms with van der Waals surface area (Å²) in [6.45, 7) is 0. The van der Waals surface area contributed by atoms with Crippen LogP contribution in [0.5, 0.6) is 0 Å². The van der Waals surface area contributed by atoms with Crippen LogP contribution in [0.15, 0.2) is 21.8 Å². The molecule has 0 N–H and O–H groups in total. The van der Waals surface area contributed by atoms with Crippen molar-refractivity contribution in [1.82, 2.24) is 14.3 Å². The minimum absolute atomic E-state index is 0.649. The molecule has 0 atom stereocenters. The summed E-state index contributed by atoms with van der Waals surface area (Å²) in [5, 5.41) is 9.97. The van der Waals surface area contributed by atoms with Crippen molar-refractivity contribution in [3.63, 3.8) is 0 Å². The van der Waals surface area contributed by atoms with Crippen LogP contribution in [0.2, 0.25) is 0 Å². The van der Waals surface area contributed by atoms with Gasteiger partial charge in [0.1, 0.15) is 17.4 Å². The second kappa shape index (κ2) is 5.04. The summed E-state index contributed by atoms with van der Waals surface area (Å²) in [5.74, 6) is 0. The smallest absolute Gasteiger partial charge is 0.176 e. The van der Waals surface area contributed by atoms with Crippen molar-refractivity contribution in [1.29, 1.82) is 5.26 Å². The third-order valence-corrected chi connectivity index (χ3v) is 4.63. The highest BCUT2D eigenvalue weighted by atomic mass is 32.2. The Morgan fingerprint density at radius 1 is 1.33 bits per heavy atom. The lowest BCUT2D eigenvalue weighted by Crippen LogP contribution is -2.07. The van der Waals surface area contributed by atoms with E-state index < -0.39 is 0 Å². The molecule has 0 amide bonds. The lowest BCUT2D eigenvalue weighted by Gasteiger charge is -2.15. The van der Waals surface area contributed by atoms with Crippen LogP contribution in [0.3, 0.4) is 0 Å². The van der Waals surface area contributed by atoms with Crippen LogP contribution in [0.1, 0.15) is 29.7 Å². The summed E-state index contributed by atoms with van der Waals surface area (Å²) in [6.07, 6.45) is 5.97. The summed E-state index contributed by atoms with van der Waals surface area (Å²) in [6, 6.07) is 4.22. The van der Waals surface area contributed by atoms with Crippen LogP contribution in [0, 0.1) is 11.3 Å². The van der Waals surface area contributed by atoms with E-state index in [0.717, 1.165) is 27.9 Å². The zero-order valence-corrected chi connectivity index (χ0v) is 11.2. The maximum atomic E-state index is 9.21. The molecule has 2 aromatic heterocycles. The fourth-order valence-electron chi connectivity index (χ4n) is 2.06. The third kappa shape index (κ3) is 2.24. The highest BCUT2D eigenvalue weighted by Gasteiger charge is 2.16. The van der Waals surface area contributed by atoms with Crippen LogP contribution < -0.4 is 0 Å². The molecule has 1 aliphatic carbocycles. The molecule has 0 saturated heterocycles. The first-order chi connectivity index (χ1) is 8.86. The predicted octanol–water partition coefficient (Wildman–Crippen LogP) is 2.83. The Labute approximate surface area is 113 Å². The molecular weight excluding hydrogens is 264 g/mol. The van der Waals surface area contributed by atoms with Gasteiger partial charge in [0, 0.05) is 5.69 Å². The van der Waals surface area contributed by atoms with Gasteiger partial charge in [0.2, 0.25) is 0 Å². The second-order valence-corrected chi connectivity index (χ2v) is 6.09. The van der Waals surface area contributed by atoms with Gasteiger partial charge >= 0.3 is 0 Å². The van der Waals surface area contributed by atoms with Crippen molar-refractivity contribution in [2.24, 2.45) is 0 Å². The van der Waals surface area contributed by atoms with Crippen LogP contribution >= 0.6 is 23.3 Å². The SMILES string of the molecule is N#Cc1cc2c(nc1Sc1ncns1)CCCC2. The van der Waals surface area contributed by atoms with Gasteiger partial charge in [0.05, 0.1) is 5.56 Å². The Bertz CT molecular complexity index is 601. The van der Waals surface area contributed by atoms with Crippen molar-refractivity contribution in [3.8, 4) is 6.07 Å². The van der Waals surface area contributed by atoms with E-state index in [1.54, 1.807) is 0 Å². The normalized spacial score (nSPS) is 13.9. The van der Waals surface area contributed by atoms with Gasteiger partial charge in [-0.1, -0.05) is 0 Å². The molecule has 0 unspecified atom stereocenters. The van der Waals surface area contributed by atoms with E-state index in [9.17, 15) is 5.26 Å². The third-order valence-electron chi connectivity index (χ3n) is 2.91. The van der Waals surface area contributed by atoms with Gasteiger partial charge in [-0.15, -0.1) is 0 Å². The van der Waals surface area contributed by atoms with E-state index in [0.29, 0.717) is 5.56 Å². The summed E-state index contributed by atoms with van der Waals surface area (Å²) in [5.41, 5.74) is 3.03. The lowest BCUT2D eigenvalue weighted by molar-refractivity contribution is 0.660. The number of aromatic nitrogens is 3. The number of nitriles is 1. The number of nitrogens with zero attached hydrogens (tertiary/aromatic N) is 4. The number of rotatable bonds is 2. The molecule has 0 aromatic carbocycles. The van der Waals surface area contributed by atoms with Crippen molar-refractivity contribution < 1.29 is 0 Å². The molecule has 0 saturated carbocycles. The first kappa shape index (κ1) is 11.6. The van der Waals surface area contributed by atoms with Gasteiger partial charge in [-0.2, -0.15) is 9.64 Å². The molecule has 0 spiro atoms. The van der Waals surface area contributed by atoms with Crippen LogP contribution in [0.4, 0.5) is 0 Å². The maximum Gasteiger partial charge on any atom is 0.176 e. The van der Waals surface area contributed by atoms with E-state index in [1.807, 2.05) is 6.07 Å². The Morgan fingerprint density at radius 3 is 3.00 bits per heavy atom. The first-order valence-electron chi connectivity index (χ1n) is 5.74. The molecule has 0 fully saturated rings. The minimum atomic E-state index is 0.649. The summed E-state index contributed by atoms with van der Waals surface area (Å²) < 4.78 is 4.79. The molecule has 4 nitrogen and oxygen atoms in total. The number of pyridine rings is 1. The summed E-state index contributed by atoms with van der Waals surface area (Å²) >= 11 is 2.76. The van der Waals surface area contributed by atoms with Crippen molar-refractivity contribution in [2.45, 2.75) is 35.0 Å². The zero-order chi connectivity index (χ0) is 12.4. The van der Waals surface area contributed by atoms with Gasteiger partial charge in [-0.05, 0) is 60.6 Å². The van der Waals surface area contributed by atoms with E-state index >= 15 is 0 Å². The zero-order valence-electron chi connectivity index (χ0n) is 9.59. The van der Waals surface area contributed by atoms with E-state index in [-0.39, 0.29) is 0 Å². The Hall–Kier alpha value is -1.45. The van der Waals surface area contributed by atoms with Crippen LogP contribution in [-0.4, -0.2) is 14.3 Å². The van der Waals surface area contributed by atoms with Crippen molar-refractivity contribution in [2.75, 3.05) is 0 Å². The molecule has 0 bridgehead atoms. The molecule has 1 aliphatic rings. The number of fused-ring (bicyclic) bond motifs is 1. The Morgan fingerprint density at radius 2 is 2.22 bits per heavy atom. The van der Waals surface area contributed by atoms with Gasteiger partial charge in [0.15, 0.2) is 4.34 Å². The van der Waals surface area contributed by atoms with Gasteiger partial charge < -0.3 is 0 Å². The fraction of sp³-hybridized carbons (Fsp3) is 0.333. The fourth-order valence-corrected chi connectivity index (χ4v) is 3.49. The number of hydrogen-bond donors (Lipinski definition) is 0. The molecule has 3 rings (SSSR count). The topological polar surface area (TPSA) is 62.5 Å². The highest BCUT2D eigenvalue weighted by molar-refractivity contribution is 8.00. The van der Waals surface area contributed by atoms with Gasteiger partial charge in [-0.3, -0.25) is 0 Å². The number of aryl methyl sites for hydroxylation is 2. The average molecular weight is 274 g/mol. The number of hydrogen-bond acceptors (Lipinski definition) is 6. The molecule has 2 heterocycles. The quantitative estimate of drug-likeness (QED) is 0.842. The largest absolute Gasteiger partial charge is 0.244 e. The predicted molar refractivity (Wildman–Crippen MR) is 69.6 cm³/mol. The minimum Gasteiger partial charge on any atom is -0.244 e. The van der Waals surface area contributed by atoms with Gasteiger partial charge in [0.25, 0.3) is 0 Å². The van der Waals surface area contributed by atoms with Crippen LogP contribution in [-0.2, 0) is 12.8 Å². The molecule has 2 aromatic rings. The Kier molecular flexibility index (Phi) is 3.26. The highest BCUT2D eigenvalue weighted by Crippen LogP contribution is 2.32. The summed E-state index contributed by atoms with van der Waals surface area (Å²) in [4.78, 5) is 8.76. The average Bonchev–Trinajstić information content (AvgIpc) is 2.91. The van der Waals surface area contributed by atoms with Crippen molar-refractivity contribution >= 4 is 23.3 Å². The van der Waals surface area contributed by atoms with Gasteiger partial charge in [-0.25, -0.2) is 9.97 Å². The first-order valence-corrected chi connectivity index (χ1v) is 7.33. The molecule has 6 heteroatoms. The standard InChI is InChI=1S/C12H10N4S2/c13-6-9-5-8-3-1-2-4-10(8)16-11(9)17-12-14-7-15-18-12/h5,7H,1-4H2. The second-order valence-electron chi connectivity index (χ2n) is 4.08. The van der Waals surface area contributed by atoms with E-state index in [2.05, 4.69) is 20.4 Å².